The summed E-state index contributed by atoms with van der Waals surface area (Å²) in [6.45, 7) is 5.11. The van der Waals surface area contributed by atoms with Crippen molar-refractivity contribution in [3.05, 3.63) is 28.0 Å². The van der Waals surface area contributed by atoms with Gasteiger partial charge in [-0.3, -0.25) is 4.79 Å². The van der Waals surface area contributed by atoms with E-state index in [0.717, 1.165) is 0 Å². The average molecular weight is 389 g/mol. The van der Waals surface area contributed by atoms with E-state index in [2.05, 4.69) is 4.98 Å². The van der Waals surface area contributed by atoms with Gasteiger partial charge in [-0.05, 0) is 38.8 Å². The van der Waals surface area contributed by atoms with E-state index in [-0.39, 0.29) is 28.3 Å². The molecule has 7 nitrogen and oxygen atoms in total. The first-order chi connectivity index (χ1) is 11.6. The molecule has 0 radical (unpaired) electrons. The van der Waals surface area contributed by atoms with Gasteiger partial charge in [-0.1, -0.05) is 11.6 Å². The highest BCUT2D eigenvalue weighted by Crippen LogP contribution is 2.21. The van der Waals surface area contributed by atoms with E-state index in [9.17, 15) is 18.0 Å². The number of esters is 1. The van der Waals surface area contributed by atoms with Crippen LogP contribution in [0, 0.1) is 13.8 Å². The molecule has 0 unspecified atom stereocenters. The van der Waals surface area contributed by atoms with E-state index < -0.39 is 28.3 Å². The number of aromatic nitrogens is 1. The summed E-state index contributed by atoms with van der Waals surface area (Å²) in [4.78, 5) is 30.0. The van der Waals surface area contributed by atoms with Crippen molar-refractivity contribution < 1.29 is 22.7 Å². The van der Waals surface area contributed by atoms with Crippen LogP contribution in [0.15, 0.2) is 6.07 Å². The lowest BCUT2D eigenvalue weighted by molar-refractivity contribution is -0.136. The molecule has 0 saturated carbocycles. The SMILES string of the molecule is CCN(C(=O)COC(=O)c1c(C)cc(C)nc1Cl)[C@H]1CCS(=O)(=O)C1. The molecule has 1 fully saturated rings. The number of likely N-dealkylation sites (N-methyl/N-ethyl adjacent to an activating group) is 1. The zero-order valence-corrected chi connectivity index (χ0v) is 16.0. The molecule has 1 saturated heterocycles. The number of nitrogens with zero attached hydrogens (tertiary/aromatic N) is 2. The third-order valence-corrected chi connectivity index (χ3v) is 6.17. The number of rotatable bonds is 5. The fourth-order valence-electron chi connectivity index (χ4n) is 2.98. The highest BCUT2D eigenvalue weighted by Gasteiger charge is 2.34. The van der Waals surface area contributed by atoms with E-state index >= 15 is 0 Å². The lowest BCUT2D eigenvalue weighted by atomic mass is 10.1. The number of pyridine rings is 1. The van der Waals surface area contributed by atoms with Crippen LogP contribution in [0.2, 0.25) is 5.15 Å². The smallest absolute Gasteiger partial charge is 0.342 e. The van der Waals surface area contributed by atoms with Gasteiger partial charge >= 0.3 is 5.97 Å². The summed E-state index contributed by atoms with van der Waals surface area (Å²) in [5, 5.41) is 0.0317. The fraction of sp³-hybridized carbons (Fsp3) is 0.562. The minimum absolute atomic E-state index is 0.0317. The first kappa shape index (κ1) is 19.7. The van der Waals surface area contributed by atoms with E-state index in [1.165, 1.54) is 4.90 Å². The molecule has 0 spiro atoms. The Hall–Kier alpha value is -1.67. The number of halogens is 1. The highest BCUT2D eigenvalue weighted by atomic mass is 35.5. The molecule has 1 atom stereocenters. The molecule has 1 aromatic heterocycles. The van der Waals surface area contributed by atoms with Crippen LogP contribution in [0.3, 0.4) is 0 Å². The maximum atomic E-state index is 12.3. The Morgan fingerprint density at radius 3 is 2.60 bits per heavy atom. The van der Waals surface area contributed by atoms with Gasteiger partial charge in [-0.25, -0.2) is 18.2 Å². The van der Waals surface area contributed by atoms with E-state index in [4.69, 9.17) is 16.3 Å². The van der Waals surface area contributed by atoms with Crippen molar-refractivity contribution in [1.29, 1.82) is 0 Å². The normalized spacial score (nSPS) is 18.8. The van der Waals surface area contributed by atoms with Crippen LogP contribution in [-0.2, 0) is 19.4 Å². The molecule has 0 bridgehead atoms. The lowest BCUT2D eigenvalue weighted by Gasteiger charge is -2.26. The Balaban J connectivity index is 2.02. The number of amides is 1. The maximum absolute atomic E-state index is 12.3. The molecule has 0 aromatic carbocycles. The van der Waals surface area contributed by atoms with Crippen molar-refractivity contribution in [2.45, 2.75) is 33.2 Å². The molecule has 9 heteroatoms. The summed E-state index contributed by atoms with van der Waals surface area (Å²) in [6.07, 6.45) is 0.405. The van der Waals surface area contributed by atoms with Crippen molar-refractivity contribution in [3.8, 4) is 0 Å². The van der Waals surface area contributed by atoms with Crippen LogP contribution in [-0.4, -0.2) is 60.9 Å². The third-order valence-electron chi connectivity index (χ3n) is 4.14. The topological polar surface area (TPSA) is 93.6 Å². The third kappa shape index (κ3) is 4.70. The Morgan fingerprint density at radius 2 is 2.08 bits per heavy atom. The first-order valence-corrected chi connectivity index (χ1v) is 10.1. The summed E-state index contributed by atoms with van der Waals surface area (Å²) >= 11 is 6.00. The molecule has 1 aromatic rings. The van der Waals surface area contributed by atoms with E-state index in [0.29, 0.717) is 24.2 Å². The van der Waals surface area contributed by atoms with Crippen LogP contribution in [0.25, 0.3) is 0 Å². The molecule has 0 N–H and O–H groups in total. The number of carbonyl (C=O) groups excluding carboxylic acids is 2. The number of aryl methyl sites for hydroxylation is 2. The van der Waals surface area contributed by atoms with Gasteiger partial charge in [-0.15, -0.1) is 0 Å². The van der Waals surface area contributed by atoms with Crippen LogP contribution in [0.1, 0.15) is 35.0 Å². The number of hydrogen-bond donors (Lipinski definition) is 0. The summed E-state index contributed by atoms with van der Waals surface area (Å²) < 4.78 is 28.3. The summed E-state index contributed by atoms with van der Waals surface area (Å²) in [5.74, 6) is -1.12. The van der Waals surface area contributed by atoms with Gasteiger partial charge in [0.15, 0.2) is 16.4 Å². The van der Waals surface area contributed by atoms with Gasteiger partial charge in [0, 0.05) is 18.3 Å². The Bertz CT molecular complexity index is 771. The standard InChI is InChI=1S/C16H21ClN2O5S/c1-4-19(12-5-6-25(22,23)9-12)13(20)8-24-16(21)14-10(2)7-11(3)18-15(14)17/h7,12H,4-6,8-9H2,1-3H3/t12-/m0/s1. The van der Waals surface area contributed by atoms with Crippen LogP contribution >= 0.6 is 11.6 Å². The number of hydrogen-bond acceptors (Lipinski definition) is 6. The molecular weight excluding hydrogens is 368 g/mol. The van der Waals surface area contributed by atoms with Crippen LogP contribution in [0.4, 0.5) is 0 Å². The summed E-state index contributed by atoms with van der Waals surface area (Å²) in [6, 6.07) is 1.33. The predicted molar refractivity (Wildman–Crippen MR) is 93.4 cm³/mol. The van der Waals surface area contributed by atoms with Gasteiger partial charge in [0.1, 0.15) is 5.15 Å². The predicted octanol–water partition coefficient (Wildman–Crippen LogP) is 1.54. The first-order valence-electron chi connectivity index (χ1n) is 7.95. The Kier molecular flexibility index (Phi) is 6.05. The molecule has 0 aliphatic carbocycles. The van der Waals surface area contributed by atoms with Crippen molar-refractivity contribution in [2.75, 3.05) is 24.7 Å². The largest absolute Gasteiger partial charge is 0.452 e. The van der Waals surface area contributed by atoms with Crippen LogP contribution < -0.4 is 0 Å². The molecular formula is C16H21ClN2O5S. The molecule has 2 rings (SSSR count). The molecule has 1 aliphatic rings. The molecule has 1 aliphatic heterocycles. The fourth-order valence-corrected chi connectivity index (χ4v) is 5.07. The minimum atomic E-state index is -3.10. The number of sulfone groups is 1. The van der Waals surface area contributed by atoms with Gasteiger partial charge < -0.3 is 9.64 Å². The maximum Gasteiger partial charge on any atom is 0.342 e. The quantitative estimate of drug-likeness (QED) is 0.561. The average Bonchev–Trinajstić information content (AvgIpc) is 2.84. The Labute approximate surface area is 152 Å². The van der Waals surface area contributed by atoms with Crippen molar-refractivity contribution in [2.24, 2.45) is 0 Å². The second-order valence-corrected chi connectivity index (χ2v) is 8.65. The zero-order chi connectivity index (χ0) is 18.8. The monoisotopic (exact) mass is 388 g/mol. The van der Waals surface area contributed by atoms with Crippen LogP contribution in [0.5, 0.6) is 0 Å². The highest BCUT2D eigenvalue weighted by molar-refractivity contribution is 7.91. The zero-order valence-electron chi connectivity index (χ0n) is 14.4. The van der Waals surface area contributed by atoms with Crippen molar-refractivity contribution in [3.63, 3.8) is 0 Å². The van der Waals surface area contributed by atoms with Gasteiger partial charge in [-0.2, -0.15) is 0 Å². The van der Waals surface area contributed by atoms with Crippen molar-refractivity contribution >= 4 is 33.3 Å². The van der Waals surface area contributed by atoms with Gasteiger partial charge in [0.2, 0.25) is 0 Å². The second kappa shape index (κ2) is 7.70. The number of ether oxygens (including phenoxy) is 1. The molecule has 25 heavy (non-hydrogen) atoms. The van der Waals surface area contributed by atoms with E-state index in [1.807, 2.05) is 0 Å². The summed E-state index contributed by atoms with van der Waals surface area (Å²) in [7, 11) is -3.10. The van der Waals surface area contributed by atoms with Gasteiger partial charge in [0.05, 0.1) is 17.1 Å². The molecule has 1 amide bonds. The Morgan fingerprint density at radius 1 is 1.40 bits per heavy atom. The minimum Gasteiger partial charge on any atom is -0.452 e. The second-order valence-electron chi connectivity index (χ2n) is 6.06. The number of carbonyl (C=O) groups is 2. The summed E-state index contributed by atoms with van der Waals surface area (Å²) in [5.41, 5.74) is 1.42. The molecule has 138 valence electrons. The molecule has 2 heterocycles. The van der Waals surface area contributed by atoms with E-state index in [1.54, 1.807) is 26.8 Å². The lowest BCUT2D eigenvalue weighted by Crippen LogP contribution is -2.43. The van der Waals surface area contributed by atoms with Gasteiger partial charge in [0.25, 0.3) is 5.91 Å². The van der Waals surface area contributed by atoms with Crippen molar-refractivity contribution in [1.82, 2.24) is 9.88 Å².